The van der Waals surface area contributed by atoms with E-state index >= 15 is 0 Å². The van der Waals surface area contributed by atoms with Gasteiger partial charge >= 0.3 is 0 Å². The number of nitrogens with zero attached hydrogens (tertiary/aromatic N) is 3. The van der Waals surface area contributed by atoms with E-state index in [-0.39, 0.29) is 29.8 Å². The summed E-state index contributed by atoms with van der Waals surface area (Å²) in [5.41, 5.74) is 2.62. The Labute approximate surface area is 182 Å². The molecule has 0 aliphatic carbocycles. The number of halogens is 2. The number of imidazole rings is 1. The highest BCUT2D eigenvalue weighted by Crippen LogP contribution is 2.16. The van der Waals surface area contributed by atoms with Gasteiger partial charge in [-0.15, -0.1) is 24.0 Å². The molecule has 0 radical (unpaired) electrons. The molecule has 0 amide bonds. The quantitative estimate of drug-likeness (QED) is 0.312. The third kappa shape index (κ3) is 5.79. The predicted octanol–water partition coefficient (Wildman–Crippen LogP) is 3.85. The molecule has 148 valence electrons. The fraction of sp³-hybridized carbons (Fsp3) is 0.238. The molecule has 3 aromatic rings. The van der Waals surface area contributed by atoms with Gasteiger partial charge in [0.05, 0.1) is 5.69 Å². The normalized spacial score (nSPS) is 11.0. The van der Waals surface area contributed by atoms with Gasteiger partial charge < -0.3 is 15.2 Å². The van der Waals surface area contributed by atoms with Crippen molar-refractivity contribution in [1.29, 1.82) is 0 Å². The first-order valence-electron chi connectivity index (χ1n) is 8.94. The minimum atomic E-state index is -0.276. The van der Waals surface area contributed by atoms with Gasteiger partial charge in [0.25, 0.3) is 0 Å². The van der Waals surface area contributed by atoms with Gasteiger partial charge in [-0.1, -0.05) is 36.4 Å². The fourth-order valence-electron chi connectivity index (χ4n) is 2.86. The lowest BCUT2D eigenvalue weighted by Gasteiger charge is -2.13. The van der Waals surface area contributed by atoms with Gasteiger partial charge in [-0.25, -0.2) is 9.37 Å². The van der Waals surface area contributed by atoms with Crippen molar-refractivity contribution >= 4 is 29.9 Å². The van der Waals surface area contributed by atoms with E-state index in [1.807, 2.05) is 31.2 Å². The molecule has 1 heterocycles. The molecule has 28 heavy (non-hydrogen) atoms. The largest absolute Gasteiger partial charge is 0.356 e. The van der Waals surface area contributed by atoms with Crippen LogP contribution in [0.15, 0.2) is 65.9 Å². The molecule has 0 bridgehead atoms. The number of aromatic nitrogens is 2. The molecule has 3 rings (SSSR count). The lowest BCUT2D eigenvalue weighted by molar-refractivity contribution is 0.613. The average Bonchev–Trinajstić information content (AvgIpc) is 3.11. The van der Waals surface area contributed by atoms with Crippen molar-refractivity contribution in [2.75, 3.05) is 13.6 Å². The summed E-state index contributed by atoms with van der Waals surface area (Å²) >= 11 is 0. The van der Waals surface area contributed by atoms with Crippen LogP contribution in [-0.2, 0) is 13.0 Å². The van der Waals surface area contributed by atoms with E-state index < -0.39 is 0 Å². The summed E-state index contributed by atoms with van der Waals surface area (Å²) in [5, 5.41) is 6.49. The van der Waals surface area contributed by atoms with Gasteiger partial charge in [-0.05, 0) is 36.6 Å². The summed E-state index contributed by atoms with van der Waals surface area (Å²) in [6.45, 7) is 3.11. The maximum Gasteiger partial charge on any atom is 0.191 e. The Morgan fingerprint density at radius 1 is 1.11 bits per heavy atom. The Kier molecular flexibility index (Phi) is 8.43. The molecule has 0 unspecified atom stereocenters. The van der Waals surface area contributed by atoms with E-state index in [2.05, 4.69) is 32.7 Å². The number of aryl methyl sites for hydroxylation is 1. The number of hydrogen-bond acceptors (Lipinski definition) is 2. The number of benzene rings is 2. The van der Waals surface area contributed by atoms with E-state index in [1.165, 1.54) is 5.56 Å². The topological polar surface area (TPSA) is 54.2 Å². The standard InChI is InChI=1S/C21H24FN5.HI/c1-16-24-12-13-27(16)20-9-8-18(14-19(20)22)15-26-21(23-2)25-11-10-17-6-4-3-5-7-17;/h3-9,12-14H,10-11,15H2,1-2H3,(H2,23,25,26);1H. The molecule has 0 atom stereocenters. The molecule has 2 N–H and O–H groups in total. The highest BCUT2D eigenvalue weighted by Gasteiger charge is 2.08. The summed E-state index contributed by atoms with van der Waals surface area (Å²) in [4.78, 5) is 8.35. The molecule has 1 aromatic heterocycles. The molecule has 0 saturated carbocycles. The van der Waals surface area contributed by atoms with Gasteiger partial charge in [0, 0.05) is 32.5 Å². The second-order valence-corrected chi connectivity index (χ2v) is 6.22. The summed E-state index contributed by atoms with van der Waals surface area (Å²) in [6.07, 6.45) is 4.33. The zero-order valence-corrected chi connectivity index (χ0v) is 18.4. The molecule has 0 fully saturated rings. The van der Waals surface area contributed by atoms with Crippen LogP contribution in [0, 0.1) is 12.7 Å². The maximum atomic E-state index is 14.5. The van der Waals surface area contributed by atoms with Crippen LogP contribution in [0.4, 0.5) is 4.39 Å². The van der Waals surface area contributed by atoms with Crippen LogP contribution < -0.4 is 10.6 Å². The van der Waals surface area contributed by atoms with Crippen LogP contribution >= 0.6 is 24.0 Å². The minimum Gasteiger partial charge on any atom is -0.356 e. The first kappa shape index (κ1) is 21.9. The smallest absolute Gasteiger partial charge is 0.191 e. The zero-order chi connectivity index (χ0) is 19.1. The van der Waals surface area contributed by atoms with Crippen LogP contribution in [0.25, 0.3) is 5.69 Å². The molecule has 0 aliphatic rings. The van der Waals surface area contributed by atoms with Gasteiger partial charge in [-0.2, -0.15) is 0 Å². The molecular weight excluding hydrogens is 468 g/mol. The second-order valence-electron chi connectivity index (χ2n) is 6.22. The van der Waals surface area contributed by atoms with E-state index in [0.717, 1.165) is 24.4 Å². The Morgan fingerprint density at radius 2 is 1.89 bits per heavy atom. The van der Waals surface area contributed by atoms with Crippen molar-refractivity contribution in [3.8, 4) is 5.69 Å². The monoisotopic (exact) mass is 493 g/mol. The van der Waals surface area contributed by atoms with E-state index in [1.54, 1.807) is 36.1 Å². The molecule has 0 spiro atoms. The Balaban J connectivity index is 0.00000280. The molecule has 2 aromatic carbocycles. The zero-order valence-electron chi connectivity index (χ0n) is 16.0. The fourth-order valence-corrected chi connectivity index (χ4v) is 2.86. The lowest BCUT2D eigenvalue weighted by atomic mass is 10.1. The number of nitrogens with one attached hydrogen (secondary N) is 2. The SMILES string of the molecule is CN=C(NCCc1ccccc1)NCc1ccc(-n2ccnc2C)c(F)c1.I. The van der Waals surface area contributed by atoms with Gasteiger partial charge in [0.1, 0.15) is 11.6 Å². The van der Waals surface area contributed by atoms with Gasteiger partial charge in [-0.3, -0.25) is 4.99 Å². The van der Waals surface area contributed by atoms with Crippen molar-refractivity contribution in [2.24, 2.45) is 4.99 Å². The second kappa shape index (κ2) is 10.8. The van der Waals surface area contributed by atoms with Crippen molar-refractivity contribution < 1.29 is 4.39 Å². The van der Waals surface area contributed by atoms with Crippen LogP contribution in [0.3, 0.4) is 0 Å². The first-order chi connectivity index (χ1) is 13.2. The third-order valence-electron chi connectivity index (χ3n) is 4.33. The summed E-state index contributed by atoms with van der Waals surface area (Å²) in [7, 11) is 1.73. The Bertz CT molecular complexity index is 908. The number of rotatable bonds is 6. The van der Waals surface area contributed by atoms with Gasteiger partial charge in [0.2, 0.25) is 0 Å². The van der Waals surface area contributed by atoms with E-state index in [0.29, 0.717) is 18.2 Å². The maximum absolute atomic E-state index is 14.5. The minimum absolute atomic E-state index is 0. The van der Waals surface area contributed by atoms with Gasteiger partial charge in [0.15, 0.2) is 5.96 Å². The third-order valence-corrected chi connectivity index (χ3v) is 4.33. The number of guanidine groups is 1. The molecule has 0 saturated heterocycles. The number of aliphatic imine (C=N–C) groups is 1. The average molecular weight is 493 g/mol. The van der Waals surface area contributed by atoms with E-state index in [9.17, 15) is 4.39 Å². The molecule has 0 aliphatic heterocycles. The van der Waals surface area contributed by atoms with Crippen LogP contribution in [0.2, 0.25) is 0 Å². The van der Waals surface area contributed by atoms with Crippen molar-refractivity contribution in [3.05, 3.63) is 83.7 Å². The van der Waals surface area contributed by atoms with Crippen LogP contribution in [0.5, 0.6) is 0 Å². The van der Waals surface area contributed by atoms with Crippen molar-refractivity contribution in [2.45, 2.75) is 19.9 Å². The number of hydrogen-bond donors (Lipinski definition) is 2. The van der Waals surface area contributed by atoms with Crippen LogP contribution in [0.1, 0.15) is 17.0 Å². The summed E-state index contributed by atoms with van der Waals surface area (Å²) in [5.74, 6) is 1.17. The molecule has 5 nitrogen and oxygen atoms in total. The highest BCUT2D eigenvalue weighted by atomic mass is 127. The summed E-state index contributed by atoms with van der Waals surface area (Å²) < 4.78 is 16.2. The molecule has 7 heteroatoms. The Morgan fingerprint density at radius 3 is 2.54 bits per heavy atom. The van der Waals surface area contributed by atoms with Crippen LogP contribution in [-0.4, -0.2) is 29.1 Å². The van der Waals surface area contributed by atoms with E-state index in [4.69, 9.17) is 0 Å². The first-order valence-corrected chi connectivity index (χ1v) is 8.94. The van der Waals surface area contributed by atoms with Crippen molar-refractivity contribution in [1.82, 2.24) is 20.2 Å². The van der Waals surface area contributed by atoms with Crippen molar-refractivity contribution in [3.63, 3.8) is 0 Å². The Hall–Kier alpha value is -2.42. The highest BCUT2D eigenvalue weighted by molar-refractivity contribution is 14.0. The lowest BCUT2D eigenvalue weighted by Crippen LogP contribution is -2.37. The summed E-state index contributed by atoms with van der Waals surface area (Å²) in [6, 6.07) is 15.5. The molecular formula is C21H25FIN5. The predicted molar refractivity (Wildman–Crippen MR) is 122 cm³/mol.